The van der Waals surface area contributed by atoms with Gasteiger partial charge in [0.05, 0.1) is 24.5 Å². The lowest BCUT2D eigenvalue weighted by Crippen LogP contribution is -2.58. The fourth-order valence-corrected chi connectivity index (χ4v) is 3.91. The molecule has 1 fully saturated rings. The molecule has 24 heavy (non-hydrogen) atoms. The molecule has 8 heteroatoms. The Morgan fingerprint density at radius 2 is 1.92 bits per heavy atom. The van der Waals surface area contributed by atoms with E-state index in [4.69, 9.17) is 4.74 Å². The Hall–Kier alpha value is -1.70. The molecule has 2 aliphatic heterocycles. The van der Waals surface area contributed by atoms with Crippen molar-refractivity contribution in [2.45, 2.75) is 45.3 Å². The summed E-state index contributed by atoms with van der Waals surface area (Å²) in [5, 5.41) is 0. The summed E-state index contributed by atoms with van der Waals surface area (Å²) in [6, 6.07) is 1.77. The van der Waals surface area contributed by atoms with Gasteiger partial charge in [0.25, 0.3) is 11.8 Å². The van der Waals surface area contributed by atoms with Gasteiger partial charge in [-0.3, -0.25) is 4.79 Å². The predicted molar refractivity (Wildman–Crippen MR) is 85.5 cm³/mol. The molecule has 1 aromatic rings. The Morgan fingerprint density at radius 3 is 2.50 bits per heavy atom. The molecule has 0 saturated carbocycles. The topological polar surface area (TPSA) is 49.9 Å². The minimum absolute atomic E-state index is 0.357. The van der Waals surface area contributed by atoms with Crippen LogP contribution in [0.2, 0.25) is 0 Å². The number of rotatable bonds is 1. The third-order valence-electron chi connectivity index (χ3n) is 3.88. The number of ether oxygens (including phenoxy) is 1. The minimum atomic E-state index is -2.76. The molecule has 0 aromatic carbocycles. The van der Waals surface area contributed by atoms with E-state index in [1.807, 2.05) is 20.8 Å². The van der Waals surface area contributed by atoms with E-state index in [-0.39, 0.29) is 12.0 Å². The maximum Gasteiger partial charge on any atom is 0.410 e. The molecule has 0 radical (unpaired) electrons. The molecule has 0 spiro atoms. The zero-order valence-corrected chi connectivity index (χ0v) is 14.7. The lowest BCUT2D eigenvalue weighted by molar-refractivity contribution is -0.112. The molecule has 3 rings (SSSR count). The lowest BCUT2D eigenvalue weighted by atomic mass is 10.1. The van der Waals surface area contributed by atoms with Gasteiger partial charge >= 0.3 is 6.09 Å². The first-order valence-electron chi connectivity index (χ1n) is 7.81. The smallest absolute Gasteiger partial charge is 0.410 e. The van der Waals surface area contributed by atoms with Gasteiger partial charge in [0.2, 0.25) is 0 Å². The highest BCUT2D eigenvalue weighted by Gasteiger charge is 2.46. The van der Waals surface area contributed by atoms with Crippen molar-refractivity contribution >= 4 is 23.3 Å². The Bertz CT molecular complexity index is 673. The number of hydrogen-bond donors (Lipinski definition) is 0. The largest absolute Gasteiger partial charge is 0.444 e. The third-order valence-corrected chi connectivity index (χ3v) is 5.03. The highest BCUT2D eigenvalue weighted by molar-refractivity contribution is 7.14. The first kappa shape index (κ1) is 17.1. The second-order valence-electron chi connectivity index (χ2n) is 7.23. The first-order chi connectivity index (χ1) is 11.0. The number of amides is 2. The lowest BCUT2D eigenvalue weighted by Gasteiger charge is -2.38. The van der Waals surface area contributed by atoms with Gasteiger partial charge in [-0.1, -0.05) is 0 Å². The molecule has 0 N–H and O–H groups in total. The maximum absolute atomic E-state index is 12.9. The van der Waals surface area contributed by atoms with Crippen molar-refractivity contribution in [2.75, 3.05) is 19.6 Å². The highest BCUT2D eigenvalue weighted by atomic mass is 32.1. The van der Waals surface area contributed by atoms with Gasteiger partial charge < -0.3 is 14.5 Å². The molecule has 0 aliphatic carbocycles. The van der Waals surface area contributed by atoms with Crippen molar-refractivity contribution in [1.82, 2.24) is 9.80 Å². The maximum atomic E-state index is 12.9. The van der Waals surface area contributed by atoms with Gasteiger partial charge in [0.15, 0.2) is 0 Å². The summed E-state index contributed by atoms with van der Waals surface area (Å²) in [5.74, 6) is -3.12. The van der Waals surface area contributed by atoms with Crippen LogP contribution in [0.15, 0.2) is 6.07 Å². The van der Waals surface area contributed by atoms with E-state index < -0.39 is 24.6 Å². The van der Waals surface area contributed by atoms with Gasteiger partial charge in [-0.2, -0.15) is 0 Å². The van der Waals surface area contributed by atoms with E-state index in [2.05, 4.69) is 0 Å². The Morgan fingerprint density at radius 1 is 1.25 bits per heavy atom. The number of nitrogens with zero attached hydrogens (tertiary/aromatic N) is 2. The van der Waals surface area contributed by atoms with Gasteiger partial charge in [0, 0.05) is 11.4 Å². The molecule has 0 bridgehead atoms. The number of likely N-dealkylation sites (tertiary alicyclic amines) is 1. The molecule has 3 heterocycles. The number of thiophene rings is 1. The third kappa shape index (κ3) is 3.53. The second kappa shape index (κ2) is 5.68. The van der Waals surface area contributed by atoms with Crippen LogP contribution in [0.5, 0.6) is 0 Å². The number of alkyl halides is 2. The fourth-order valence-electron chi connectivity index (χ4n) is 2.72. The molecule has 2 aliphatic rings. The Balaban J connectivity index is 1.67. The highest BCUT2D eigenvalue weighted by Crippen LogP contribution is 2.33. The quantitative estimate of drug-likeness (QED) is 0.775. The second-order valence-corrected chi connectivity index (χ2v) is 8.36. The zero-order chi connectivity index (χ0) is 17.7. The van der Waals surface area contributed by atoms with Crippen LogP contribution in [-0.2, 0) is 17.7 Å². The summed E-state index contributed by atoms with van der Waals surface area (Å²) in [6.07, 6.45) is 0.255. The average molecular weight is 358 g/mol. The summed E-state index contributed by atoms with van der Waals surface area (Å²) in [5.41, 5.74) is 0.451. The molecular weight excluding hydrogens is 338 g/mol. The van der Waals surface area contributed by atoms with Crippen LogP contribution in [0, 0.1) is 0 Å². The molecule has 5 nitrogen and oxygen atoms in total. The molecule has 0 atom stereocenters. The summed E-state index contributed by atoms with van der Waals surface area (Å²) in [6.45, 7) is 5.31. The van der Waals surface area contributed by atoms with Crippen molar-refractivity contribution in [3.05, 3.63) is 21.4 Å². The van der Waals surface area contributed by atoms with Crippen molar-refractivity contribution in [3.8, 4) is 0 Å². The van der Waals surface area contributed by atoms with Crippen LogP contribution in [0.25, 0.3) is 0 Å². The van der Waals surface area contributed by atoms with Crippen LogP contribution in [0.1, 0.15) is 40.9 Å². The average Bonchev–Trinajstić information content (AvgIpc) is 2.84. The van der Waals surface area contributed by atoms with Crippen LogP contribution < -0.4 is 0 Å². The molecule has 2 amide bonds. The van der Waals surface area contributed by atoms with Crippen molar-refractivity contribution in [2.24, 2.45) is 0 Å². The zero-order valence-electron chi connectivity index (χ0n) is 13.9. The van der Waals surface area contributed by atoms with E-state index >= 15 is 0 Å². The monoisotopic (exact) mass is 358 g/mol. The predicted octanol–water partition coefficient (Wildman–Crippen LogP) is 3.13. The molecule has 1 saturated heterocycles. The van der Waals surface area contributed by atoms with E-state index in [1.54, 1.807) is 11.0 Å². The number of carbonyl (C=O) groups is 2. The molecular formula is C16H20F2N2O3S. The number of hydrogen-bond acceptors (Lipinski definition) is 4. The van der Waals surface area contributed by atoms with Gasteiger partial charge in [-0.25, -0.2) is 13.6 Å². The van der Waals surface area contributed by atoms with Crippen LogP contribution in [-0.4, -0.2) is 53.0 Å². The molecule has 0 unspecified atom stereocenters. The summed E-state index contributed by atoms with van der Waals surface area (Å²) in [7, 11) is 0. The Labute approximate surface area is 143 Å². The standard InChI is InChI=1S/C16H20F2N2O3S/c1-15(2,3)23-14(22)19-5-4-10-6-11(24-12(10)7-19)13(21)20-8-16(17,18)9-20/h6H,4-5,7-9H2,1-3H3. The van der Waals surface area contributed by atoms with Crippen LogP contribution >= 0.6 is 11.3 Å². The minimum Gasteiger partial charge on any atom is -0.444 e. The number of carbonyl (C=O) groups excluding carboxylic acids is 2. The van der Waals surface area contributed by atoms with Gasteiger partial charge in [-0.05, 0) is 38.8 Å². The normalized spacial score (nSPS) is 19.5. The summed E-state index contributed by atoms with van der Waals surface area (Å²) in [4.78, 5) is 28.5. The number of halogens is 2. The summed E-state index contributed by atoms with van der Waals surface area (Å²) < 4.78 is 31.2. The first-order valence-corrected chi connectivity index (χ1v) is 8.62. The molecule has 1 aromatic heterocycles. The van der Waals surface area contributed by atoms with Gasteiger partial charge in [-0.15, -0.1) is 11.3 Å². The summed E-state index contributed by atoms with van der Waals surface area (Å²) >= 11 is 1.27. The van der Waals surface area contributed by atoms with Crippen molar-refractivity contribution in [3.63, 3.8) is 0 Å². The van der Waals surface area contributed by atoms with E-state index in [1.165, 1.54) is 11.3 Å². The van der Waals surface area contributed by atoms with E-state index in [0.717, 1.165) is 15.3 Å². The van der Waals surface area contributed by atoms with Gasteiger partial charge in [0.1, 0.15) is 5.60 Å². The van der Waals surface area contributed by atoms with Crippen molar-refractivity contribution < 1.29 is 23.1 Å². The van der Waals surface area contributed by atoms with Crippen LogP contribution in [0.3, 0.4) is 0 Å². The van der Waals surface area contributed by atoms with Crippen LogP contribution in [0.4, 0.5) is 13.6 Å². The van der Waals surface area contributed by atoms with E-state index in [9.17, 15) is 18.4 Å². The SMILES string of the molecule is CC(C)(C)OC(=O)N1CCc2cc(C(=O)N3CC(F)(F)C3)sc2C1. The van der Waals surface area contributed by atoms with E-state index in [0.29, 0.717) is 24.4 Å². The Kier molecular flexibility index (Phi) is 4.06. The number of fused-ring (bicyclic) bond motifs is 1. The molecule has 132 valence electrons. The fraction of sp³-hybridized carbons (Fsp3) is 0.625. The van der Waals surface area contributed by atoms with Crippen molar-refractivity contribution in [1.29, 1.82) is 0 Å².